The number of allylic oxidation sites excluding steroid dienone is 2. The number of esters is 3. The molecule has 0 saturated carbocycles. The van der Waals surface area contributed by atoms with Crippen LogP contribution in [0.4, 0.5) is 0 Å². The molecule has 0 aromatic heterocycles. The Kier molecular flexibility index (Phi) is 19.4. The molecule has 2 saturated heterocycles. The highest BCUT2D eigenvalue weighted by Crippen LogP contribution is 2.38. The Balaban J connectivity index is 1.98. The molecule has 0 aliphatic carbocycles. The molecule has 0 bridgehead atoms. The summed E-state index contributed by atoms with van der Waals surface area (Å²) in [6.07, 6.45) is -4.11. The number of carbonyl (C=O) groups excluding carboxylic acids is 4. The van der Waals surface area contributed by atoms with Gasteiger partial charge < -0.3 is 62.9 Å². The number of aldehydes is 1. The van der Waals surface area contributed by atoms with Crippen molar-refractivity contribution in [1.29, 1.82) is 0 Å². The minimum atomic E-state index is -1.50. The molecule has 58 heavy (non-hydrogen) atoms. The van der Waals surface area contributed by atoms with Crippen molar-refractivity contribution in [3.05, 3.63) is 24.3 Å². The summed E-state index contributed by atoms with van der Waals surface area (Å²) < 4.78 is 48.6. The van der Waals surface area contributed by atoms with Crippen LogP contribution in [0, 0.1) is 17.8 Å². The van der Waals surface area contributed by atoms with Crippen LogP contribution in [0.5, 0.6) is 0 Å². The van der Waals surface area contributed by atoms with Crippen molar-refractivity contribution in [2.24, 2.45) is 17.8 Å². The predicted molar refractivity (Wildman–Crippen MR) is 210 cm³/mol. The minimum absolute atomic E-state index is 0.0460. The molecule has 2 fully saturated rings. The number of aliphatic hydroxyl groups excluding tert-OH is 2. The van der Waals surface area contributed by atoms with E-state index in [4.69, 9.17) is 37.9 Å². The lowest BCUT2D eigenvalue weighted by Crippen LogP contribution is -2.66. The standard InChI is InChI=1S/C42H69NO15/c1-23(2)19-32(47)56-40-27(6)53-34(22-42(40,8)50)57-37-26(5)54-41(36(49)35(37)43(9)10)58-38-29(17-18-44)20-24(3)30(46)16-14-12-13-15-25(4)52-33(48)21-31(39(38)51-11)55-28(7)45/h12-14,16,18,23-27,29-31,34-41,46,49-50H,15,17,19-22H2,1-11H3/t24-,25-,26-,27+,29+,30+,31-,34+,35-,36+,37-,38-,39+,40+,41+,42-/m1/s1. The first-order chi connectivity index (χ1) is 27.2. The van der Waals surface area contributed by atoms with E-state index >= 15 is 0 Å². The second-order valence-corrected chi connectivity index (χ2v) is 17.0. The summed E-state index contributed by atoms with van der Waals surface area (Å²) in [5, 5.41) is 34.6. The Morgan fingerprint density at radius 3 is 2.29 bits per heavy atom. The molecule has 3 N–H and O–H groups in total. The second-order valence-electron chi connectivity index (χ2n) is 17.0. The molecule has 16 atom stereocenters. The topological polar surface area (TPSA) is 206 Å². The van der Waals surface area contributed by atoms with Crippen molar-refractivity contribution in [1.82, 2.24) is 4.90 Å². The van der Waals surface area contributed by atoms with Crippen LogP contribution in [0.2, 0.25) is 0 Å². The molecule has 0 spiro atoms. The van der Waals surface area contributed by atoms with Crippen LogP contribution >= 0.6 is 0 Å². The van der Waals surface area contributed by atoms with E-state index in [1.807, 2.05) is 20.8 Å². The zero-order valence-corrected chi connectivity index (χ0v) is 36.1. The Hall–Kier alpha value is -2.80. The molecule has 0 aromatic rings. The largest absolute Gasteiger partial charge is 0.462 e. The summed E-state index contributed by atoms with van der Waals surface area (Å²) >= 11 is 0. The smallest absolute Gasteiger partial charge is 0.309 e. The maximum atomic E-state index is 13.2. The molecule has 16 nitrogen and oxygen atoms in total. The minimum Gasteiger partial charge on any atom is -0.462 e. The number of aliphatic hydroxyl groups is 3. The van der Waals surface area contributed by atoms with Crippen molar-refractivity contribution < 1.29 is 72.4 Å². The van der Waals surface area contributed by atoms with E-state index in [-0.39, 0.29) is 31.6 Å². The third kappa shape index (κ3) is 14.2. The molecular weight excluding hydrogens is 758 g/mol. The first kappa shape index (κ1) is 49.6. The van der Waals surface area contributed by atoms with Gasteiger partial charge in [-0.1, -0.05) is 45.1 Å². The molecule has 0 radical (unpaired) electrons. The number of likely N-dealkylation sites (N-methyl/N-ethyl adjacent to an activating group) is 1. The van der Waals surface area contributed by atoms with Gasteiger partial charge in [-0.2, -0.15) is 0 Å². The van der Waals surface area contributed by atoms with E-state index in [0.717, 1.165) is 0 Å². The van der Waals surface area contributed by atoms with Crippen LogP contribution in [0.1, 0.15) is 93.9 Å². The number of cyclic esters (lactones) is 1. The van der Waals surface area contributed by atoms with Crippen LogP contribution in [-0.2, 0) is 57.1 Å². The van der Waals surface area contributed by atoms with Gasteiger partial charge in [0.2, 0.25) is 0 Å². The molecule has 0 unspecified atom stereocenters. The van der Waals surface area contributed by atoms with Gasteiger partial charge in [0.25, 0.3) is 0 Å². The van der Waals surface area contributed by atoms with Gasteiger partial charge in [-0.25, -0.2) is 0 Å². The summed E-state index contributed by atoms with van der Waals surface area (Å²) in [6.45, 7) is 13.5. The quantitative estimate of drug-likeness (QED) is 0.147. The fourth-order valence-corrected chi connectivity index (χ4v) is 8.08. The van der Waals surface area contributed by atoms with Gasteiger partial charge >= 0.3 is 17.9 Å². The van der Waals surface area contributed by atoms with Crippen molar-refractivity contribution >= 4 is 24.2 Å². The number of carbonyl (C=O) groups is 4. The van der Waals surface area contributed by atoms with E-state index in [1.165, 1.54) is 14.0 Å². The first-order valence-electron chi connectivity index (χ1n) is 20.4. The molecule has 3 heterocycles. The lowest BCUT2D eigenvalue weighted by atomic mass is 9.82. The lowest BCUT2D eigenvalue weighted by Gasteiger charge is -2.50. The number of hydrogen-bond donors (Lipinski definition) is 3. The van der Waals surface area contributed by atoms with Crippen LogP contribution < -0.4 is 0 Å². The molecule has 3 aliphatic heterocycles. The molecule has 16 heteroatoms. The van der Waals surface area contributed by atoms with Gasteiger partial charge in [0.1, 0.15) is 42.4 Å². The number of methoxy groups -OCH3 is 1. The number of nitrogens with zero attached hydrogens (tertiary/aromatic N) is 1. The molecular formula is C42H69NO15. The molecule has 332 valence electrons. The second kappa shape index (κ2) is 22.7. The summed E-state index contributed by atoms with van der Waals surface area (Å²) in [6, 6.07) is -0.782. The van der Waals surface area contributed by atoms with E-state index in [1.54, 1.807) is 71.0 Å². The Bertz CT molecular complexity index is 1390. The van der Waals surface area contributed by atoms with E-state index in [0.29, 0.717) is 12.7 Å². The molecule has 0 amide bonds. The SMILES string of the molecule is CO[C@@H]1[C@H](O[C@@H]2O[C@H](C)[C@@H](O[C@H]3C[C@@](C)(O)[C@@H](OC(=O)CC(C)C)[C@H](C)O3)[C@H](N(C)C)[C@@H]2O)[C@@H](CC=O)C[C@@H](C)[C@@H](O)C=CC=CC[C@@H](C)OC(=O)C[C@H]1OC(C)=O. The predicted octanol–water partition coefficient (Wildman–Crippen LogP) is 3.01. The van der Waals surface area contributed by atoms with Gasteiger partial charge in [0.15, 0.2) is 18.7 Å². The van der Waals surface area contributed by atoms with Crippen molar-refractivity contribution in [3.8, 4) is 0 Å². The van der Waals surface area contributed by atoms with Gasteiger partial charge in [0.05, 0.1) is 36.9 Å². The van der Waals surface area contributed by atoms with Crippen molar-refractivity contribution in [2.75, 3.05) is 21.2 Å². The zero-order chi connectivity index (χ0) is 43.5. The van der Waals surface area contributed by atoms with Crippen LogP contribution in [0.3, 0.4) is 0 Å². The summed E-state index contributed by atoms with van der Waals surface area (Å²) in [5.74, 6) is -2.82. The number of hydrogen-bond acceptors (Lipinski definition) is 16. The van der Waals surface area contributed by atoms with Crippen molar-refractivity contribution in [2.45, 2.75) is 179 Å². The maximum absolute atomic E-state index is 13.2. The zero-order valence-electron chi connectivity index (χ0n) is 36.1. The third-order valence-electron chi connectivity index (χ3n) is 10.9. The monoisotopic (exact) mass is 827 g/mol. The fraction of sp³-hybridized carbons (Fsp3) is 0.810. The first-order valence-corrected chi connectivity index (χ1v) is 20.4. The average Bonchev–Trinajstić information content (AvgIpc) is 3.09. The van der Waals surface area contributed by atoms with E-state index in [9.17, 15) is 34.5 Å². The average molecular weight is 828 g/mol. The Morgan fingerprint density at radius 1 is 1.02 bits per heavy atom. The van der Waals surface area contributed by atoms with E-state index in [2.05, 4.69) is 0 Å². The van der Waals surface area contributed by atoms with Gasteiger partial charge in [0, 0.05) is 39.7 Å². The number of ether oxygens (including phenoxy) is 8. The lowest BCUT2D eigenvalue weighted by molar-refractivity contribution is -0.344. The third-order valence-corrected chi connectivity index (χ3v) is 10.9. The van der Waals surface area contributed by atoms with Crippen LogP contribution in [-0.4, -0.2) is 151 Å². The molecule has 3 rings (SSSR count). The summed E-state index contributed by atoms with van der Waals surface area (Å²) in [5.41, 5.74) is -1.50. The summed E-state index contributed by atoms with van der Waals surface area (Å²) in [7, 11) is 4.86. The van der Waals surface area contributed by atoms with Gasteiger partial charge in [-0.3, -0.25) is 14.4 Å². The normalized spacial score (nSPS) is 39.6. The van der Waals surface area contributed by atoms with Crippen LogP contribution in [0.25, 0.3) is 0 Å². The fourth-order valence-electron chi connectivity index (χ4n) is 8.08. The molecule has 0 aromatic carbocycles. The molecule has 3 aliphatic rings. The highest BCUT2D eigenvalue weighted by molar-refractivity contribution is 5.72. The Labute approximate surface area is 343 Å². The maximum Gasteiger partial charge on any atom is 0.309 e. The Morgan fingerprint density at radius 2 is 1.71 bits per heavy atom. The van der Waals surface area contributed by atoms with Gasteiger partial charge in [-0.15, -0.1) is 0 Å². The summed E-state index contributed by atoms with van der Waals surface area (Å²) in [4.78, 5) is 52.3. The highest BCUT2D eigenvalue weighted by Gasteiger charge is 2.53. The van der Waals surface area contributed by atoms with Gasteiger partial charge in [-0.05, 0) is 66.0 Å². The highest BCUT2D eigenvalue weighted by atomic mass is 16.7. The van der Waals surface area contributed by atoms with Crippen molar-refractivity contribution in [3.63, 3.8) is 0 Å². The van der Waals surface area contributed by atoms with E-state index < -0.39 is 121 Å². The van der Waals surface area contributed by atoms with Crippen LogP contribution in [0.15, 0.2) is 24.3 Å². The number of rotatable bonds is 12.